The zero-order valence-electron chi connectivity index (χ0n) is 7.79. The lowest BCUT2D eigenvalue weighted by molar-refractivity contribution is 0.263. The van der Waals surface area contributed by atoms with Gasteiger partial charge >= 0.3 is 0 Å². The molecule has 0 spiro atoms. The molecule has 0 saturated carbocycles. The van der Waals surface area contributed by atoms with Crippen molar-refractivity contribution in [3.8, 4) is 0 Å². The highest BCUT2D eigenvalue weighted by Crippen LogP contribution is 2.08. The molecule has 0 bridgehead atoms. The molecule has 74 valence electrons. The van der Waals surface area contributed by atoms with Gasteiger partial charge in [0.25, 0.3) is 0 Å². The fourth-order valence-corrected chi connectivity index (χ4v) is 1.21. The molecule has 4 nitrogen and oxygen atoms in total. The van der Waals surface area contributed by atoms with Gasteiger partial charge in [0.1, 0.15) is 5.82 Å². The molecule has 2 N–H and O–H groups in total. The number of halogens is 1. The van der Waals surface area contributed by atoms with Gasteiger partial charge < -0.3 is 5.43 Å². The van der Waals surface area contributed by atoms with Gasteiger partial charge in [0, 0.05) is 18.6 Å². The van der Waals surface area contributed by atoms with Crippen molar-refractivity contribution < 1.29 is 4.39 Å². The molecule has 0 saturated heterocycles. The molecule has 0 amide bonds. The number of pyridine rings is 1. The van der Waals surface area contributed by atoms with Gasteiger partial charge in [-0.1, -0.05) is 0 Å². The van der Waals surface area contributed by atoms with Crippen LogP contribution in [-0.2, 0) is 6.54 Å². The second-order valence-electron chi connectivity index (χ2n) is 3.11. The Labute approximate surface area is 81.4 Å². The molecule has 0 fully saturated rings. The van der Waals surface area contributed by atoms with Gasteiger partial charge in [-0.25, -0.2) is 4.39 Å². The first-order chi connectivity index (χ1) is 6.75. The van der Waals surface area contributed by atoms with Gasteiger partial charge in [-0.3, -0.25) is 9.99 Å². The number of hydrazine groups is 2. The van der Waals surface area contributed by atoms with Crippen LogP contribution in [0.3, 0.4) is 0 Å². The van der Waals surface area contributed by atoms with Gasteiger partial charge in [0.2, 0.25) is 0 Å². The fraction of sp³-hybridized carbons (Fsp3) is 0.222. The largest absolute Gasteiger partial charge is 0.310 e. The van der Waals surface area contributed by atoms with Gasteiger partial charge in [0.05, 0.1) is 12.2 Å². The monoisotopic (exact) mass is 194 g/mol. The van der Waals surface area contributed by atoms with Crippen molar-refractivity contribution in [2.45, 2.75) is 13.5 Å². The van der Waals surface area contributed by atoms with Crippen LogP contribution in [-0.4, -0.2) is 9.99 Å². The smallest absolute Gasteiger partial charge is 0.144 e. The van der Waals surface area contributed by atoms with E-state index < -0.39 is 0 Å². The van der Waals surface area contributed by atoms with E-state index in [0.29, 0.717) is 12.2 Å². The Kier molecular flexibility index (Phi) is 2.32. The quantitative estimate of drug-likeness (QED) is 0.731. The van der Waals surface area contributed by atoms with Crippen LogP contribution in [0.5, 0.6) is 0 Å². The molecule has 14 heavy (non-hydrogen) atoms. The van der Waals surface area contributed by atoms with Gasteiger partial charge in [-0.15, -0.1) is 5.53 Å². The van der Waals surface area contributed by atoms with Crippen LogP contribution < -0.4 is 11.0 Å². The fourth-order valence-electron chi connectivity index (χ4n) is 1.21. The zero-order chi connectivity index (χ0) is 9.97. The molecule has 5 heteroatoms. The highest BCUT2D eigenvalue weighted by molar-refractivity contribution is 5.15. The van der Waals surface area contributed by atoms with Gasteiger partial charge in [0.15, 0.2) is 0 Å². The first-order valence-electron chi connectivity index (χ1n) is 4.31. The number of nitrogens with zero attached hydrogens (tertiary/aromatic N) is 2. The van der Waals surface area contributed by atoms with E-state index in [1.165, 1.54) is 6.07 Å². The summed E-state index contributed by atoms with van der Waals surface area (Å²) in [7, 11) is 0. The third-order valence-electron chi connectivity index (χ3n) is 1.98. The van der Waals surface area contributed by atoms with Crippen molar-refractivity contribution in [2.24, 2.45) is 0 Å². The minimum absolute atomic E-state index is 0.265. The Morgan fingerprint density at radius 3 is 3.07 bits per heavy atom. The number of hydrogen-bond donors (Lipinski definition) is 2. The van der Waals surface area contributed by atoms with E-state index in [0.717, 1.165) is 5.56 Å². The molecule has 2 heterocycles. The highest BCUT2D eigenvalue weighted by Gasteiger charge is 2.06. The molecule has 0 radical (unpaired) electrons. The molecule has 0 aliphatic carbocycles. The molecule has 1 aliphatic heterocycles. The molecule has 0 aromatic carbocycles. The topological polar surface area (TPSA) is 40.2 Å². The van der Waals surface area contributed by atoms with Crippen molar-refractivity contribution in [1.29, 1.82) is 0 Å². The van der Waals surface area contributed by atoms with Gasteiger partial charge in [-0.05, 0) is 18.6 Å². The van der Waals surface area contributed by atoms with E-state index in [9.17, 15) is 4.39 Å². The Balaban J connectivity index is 2.09. The first kappa shape index (κ1) is 8.96. The molecule has 1 aromatic heterocycles. The van der Waals surface area contributed by atoms with Crippen molar-refractivity contribution in [3.05, 3.63) is 41.7 Å². The Hall–Kier alpha value is -1.62. The van der Waals surface area contributed by atoms with Crippen LogP contribution in [0.2, 0.25) is 0 Å². The van der Waals surface area contributed by atoms with E-state index in [1.54, 1.807) is 24.3 Å². The third kappa shape index (κ3) is 1.82. The Bertz CT molecular complexity index is 364. The Morgan fingerprint density at radius 1 is 1.57 bits per heavy atom. The predicted molar refractivity (Wildman–Crippen MR) is 49.9 cm³/mol. The van der Waals surface area contributed by atoms with Crippen molar-refractivity contribution in [2.75, 3.05) is 0 Å². The Morgan fingerprint density at radius 2 is 2.43 bits per heavy atom. The average Bonchev–Trinajstić information content (AvgIpc) is 2.64. The number of aromatic nitrogens is 1. The molecular formula is C9H11FN4. The second-order valence-corrected chi connectivity index (χ2v) is 3.11. The number of rotatable bonds is 2. The predicted octanol–water partition coefficient (Wildman–Crippen LogP) is 0.825. The third-order valence-corrected chi connectivity index (χ3v) is 1.98. The maximum Gasteiger partial charge on any atom is 0.144 e. The summed E-state index contributed by atoms with van der Waals surface area (Å²) < 4.78 is 13.1. The minimum atomic E-state index is -0.265. The lowest BCUT2D eigenvalue weighted by atomic mass is 10.2. The first-order valence-corrected chi connectivity index (χ1v) is 4.31. The normalized spacial score (nSPS) is 14.6. The summed E-state index contributed by atoms with van der Waals surface area (Å²) in [5.74, 6) is -0.265. The number of nitrogens with one attached hydrogen (secondary N) is 2. The zero-order valence-corrected chi connectivity index (χ0v) is 7.79. The van der Waals surface area contributed by atoms with E-state index in [4.69, 9.17) is 0 Å². The summed E-state index contributed by atoms with van der Waals surface area (Å²) in [5, 5.41) is 1.80. The van der Waals surface area contributed by atoms with Crippen LogP contribution in [0.15, 0.2) is 24.7 Å². The summed E-state index contributed by atoms with van der Waals surface area (Å²) in [5.41, 5.74) is 6.92. The van der Waals surface area contributed by atoms with E-state index in [1.807, 2.05) is 6.20 Å². The van der Waals surface area contributed by atoms with Crippen molar-refractivity contribution >= 4 is 0 Å². The van der Waals surface area contributed by atoms with Crippen LogP contribution in [0.4, 0.5) is 4.39 Å². The molecular weight excluding hydrogens is 183 g/mol. The van der Waals surface area contributed by atoms with Crippen LogP contribution in [0, 0.1) is 12.7 Å². The van der Waals surface area contributed by atoms with Crippen LogP contribution in [0.1, 0.15) is 11.3 Å². The van der Waals surface area contributed by atoms with Crippen LogP contribution in [0.25, 0.3) is 0 Å². The number of hydrogen-bond acceptors (Lipinski definition) is 4. The molecule has 0 atom stereocenters. The number of aryl methyl sites for hydroxylation is 1. The minimum Gasteiger partial charge on any atom is -0.310 e. The van der Waals surface area contributed by atoms with E-state index in [2.05, 4.69) is 15.9 Å². The summed E-state index contributed by atoms with van der Waals surface area (Å²) >= 11 is 0. The molecule has 0 unspecified atom stereocenters. The summed E-state index contributed by atoms with van der Waals surface area (Å²) in [6.45, 7) is 2.22. The standard InChI is InChI=1S/C9H11FN4/c1-7-9(10)4-8(5-11-7)6-14-3-2-12-13-14/h2-5,12-13H,6H2,1H3. The molecule has 1 aromatic rings. The summed E-state index contributed by atoms with van der Waals surface area (Å²) in [4.78, 5) is 3.95. The average molecular weight is 194 g/mol. The van der Waals surface area contributed by atoms with E-state index in [-0.39, 0.29) is 5.82 Å². The molecule has 2 rings (SSSR count). The summed E-state index contributed by atoms with van der Waals surface area (Å²) in [6.07, 6.45) is 5.27. The molecule has 1 aliphatic rings. The second kappa shape index (κ2) is 3.63. The van der Waals surface area contributed by atoms with Crippen molar-refractivity contribution in [1.82, 2.24) is 21.0 Å². The highest BCUT2D eigenvalue weighted by atomic mass is 19.1. The van der Waals surface area contributed by atoms with Crippen LogP contribution >= 0.6 is 0 Å². The van der Waals surface area contributed by atoms with Gasteiger partial charge in [-0.2, -0.15) is 0 Å². The lowest BCUT2D eigenvalue weighted by Gasteiger charge is -2.14. The summed E-state index contributed by atoms with van der Waals surface area (Å²) in [6, 6.07) is 1.50. The van der Waals surface area contributed by atoms with E-state index >= 15 is 0 Å². The van der Waals surface area contributed by atoms with Crippen molar-refractivity contribution in [3.63, 3.8) is 0 Å². The SMILES string of the molecule is Cc1ncc(CN2C=CNN2)cc1F. The lowest BCUT2D eigenvalue weighted by Crippen LogP contribution is -2.34. The maximum atomic E-state index is 13.1. The maximum absolute atomic E-state index is 13.1.